The quantitative estimate of drug-likeness (QED) is 0.353. The van der Waals surface area contributed by atoms with Gasteiger partial charge in [-0.3, -0.25) is 14.7 Å². The molecule has 1 heterocycles. The summed E-state index contributed by atoms with van der Waals surface area (Å²) in [7, 11) is -1.93. The van der Waals surface area contributed by atoms with E-state index in [9.17, 15) is 18.0 Å². The molecule has 0 saturated heterocycles. The molecule has 9 nitrogen and oxygen atoms in total. The van der Waals surface area contributed by atoms with Crippen LogP contribution in [0, 0.1) is 0 Å². The number of nitrogens with one attached hydrogen (secondary N) is 1. The molecule has 0 bridgehead atoms. The predicted molar refractivity (Wildman–Crippen MR) is 158 cm³/mol. The van der Waals surface area contributed by atoms with Crippen LogP contribution in [0.1, 0.15) is 51.2 Å². The monoisotopic (exact) mass is 610 g/mol. The van der Waals surface area contributed by atoms with Crippen molar-refractivity contribution in [1.82, 2.24) is 15.1 Å². The van der Waals surface area contributed by atoms with Crippen molar-refractivity contribution >= 4 is 50.9 Å². The zero-order valence-corrected chi connectivity index (χ0v) is 25.6. The largest absolute Gasteiger partial charge is 0.443 e. The summed E-state index contributed by atoms with van der Waals surface area (Å²) < 4.78 is 30.6. The van der Waals surface area contributed by atoms with E-state index in [0.717, 1.165) is 11.1 Å². The van der Waals surface area contributed by atoms with Gasteiger partial charge in [0.25, 0.3) is 0 Å². The highest BCUT2D eigenvalue weighted by atomic mass is 35.5. The number of unbranched alkanes of at least 4 members (excludes halogenated alkanes) is 1. The highest BCUT2D eigenvalue weighted by Crippen LogP contribution is 2.29. The van der Waals surface area contributed by atoms with Crippen LogP contribution in [0.4, 0.5) is 4.79 Å². The van der Waals surface area contributed by atoms with E-state index in [0.29, 0.717) is 51.3 Å². The van der Waals surface area contributed by atoms with E-state index in [1.165, 1.54) is 12.1 Å². The zero-order valence-electron chi connectivity index (χ0n) is 23.2. The van der Waals surface area contributed by atoms with Crippen LogP contribution >= 0.6 is 23.2 Å². The molecule has 0 fully saturated rings. The number of amidine groups is 1. The molecular weight excluding hydrogens is 575 g/mol. The highest BCUT2D eigenvalue weighted by Gasteiger charge is 2.29. The second-order valence-electron chi connectivity index (χ2n) is 10.6. The lowest BCUT2D eigenvalue weighted by atomic mass is 10.1. The summed E-state index contributed by atoms with van der Waals surface area (Å²) in [6.45, 7) is 7.36. The molecule has 12 heteroatoms. The van der Waals surface area contributed by atoms with Crippen LogP contribution in [-0.4, -0.2) is 74.2 Å². The summed E-state index contributed by atoms with van der Waals surface area (Å²) in [4.78, 5) is 32.8. The van der Waals surface area contributed by atoms with Crippen LogP contribution in [0.15, 0.2) is 52.4 Å². The van der Waals surface area contributed by atoms with E-state index >= 15 is 0 Å². The van der Waals surface area contributed by atoms with Gasteiger partial charge in [0.05, 0.1) is 23.1 Å². The molecule has 0 unspecified atom stereocenters. The molecule has 3 rings (SSSR count). The van der Waals surface area contributed by atoms with Crippen molar-refractivity contribution in [2.45, 2.75) is 57.1 Å². The molecule has 0 aromatic heterocycles. The minimum absolute atomic E-state index is 0.00387. The zero-order chi connectivity index (χ0) is 29.5. The normalized spacial score (nSPS) is 13.8. The first-order valence-corrected chi connectivity index (χ1v) is 15.4. The third-order valence-electron chi connectivity index (χ3n) is 6.03. The molecule has 2 aromatic carbocycles. The number of carbonyl (C=O) groups is 2. The van der Waals surface area contributed by atoms with E-state index in [2.05, 4.69) is 10.3 Å². The smallest absolute Gasteiger partial charge is 0.416 e. The Kier molecular flexibility index (Phi) is 11.0. The van der Waals surface area contributed by atoms with Gasteiger partial charge in [0, 0.05) is 25.6 Å². The Morgan fingerprint density at radius 3 is 2.35 bits per heavy atom. The van der Waals surface area contributed by atoms with Crippen LogP contribution < -0.4 is 5.32 Å². The maximum atomic E-state index is 12.6. The molecule has 2 amide bonds. The van der Waals surface area contributed by atoms with E-state index in [-0.39, 0.29) is 26.7 Å². The Bertz CT molecular complexity index is 1320. The number of carbonyl (C=O) groups excluding carboxylic acids is 2. The molecule has 1 N–H and O–H groups in total. The number of amides is 2. The van der Waals surface area contributed by atoms with Gasteiger partial charge < -0.3 is 15.0 Å². The number of halogens is 2. The predicted octanol–water partition coefficient (Wildman–Crippen LogP) is 5.14. The van der Waals surface area contributed by atoms with Crippen LogP contribution in [0.2, 0.25) is 10.0 Å². The summed E-state index contributed by atoms with van der Waals surface area (Å²) in [5, 5.41) is 3.08. The average Bonchev–Trinajstić information content (AvgIpc) is 3.35. The van der Waals surface area contributed by atoms with Gasteiger partial charge >= 0.3 is 6.09 Å². The highest BCUT2D eigenvalue weighted by molar-refractivity contribution is 7.91. The van der Waals surface area contributed by atoms with Crippen molar-refractivity contribution in [2.75, 3.05) is 32.6 Å². The van der Waals surface area contributed by atoms with Gasteiger partial charge in [-0.2, -0.15) is 0 Å². The molecule has 0 atom stereocenters. The molecule has 1 aliphatic rings. The number of sulfone groups is 1. The molecular formula is C28H36Cl2N4O5S. The van der Waals surface area contributed by atoms with Gasteiger partial charge in [-0.1, -0.05) is 53.5 Å². The Morgan fingerprint density at radius 1 is 1.07 bits per heavy atom. The van der Waals surface area contributed by atoms with E-state index in [4.69, 9.17) is 27.9 Å². The van der Waals surface area contributed by atoms with Gasteiger partial charge in [-0.15, -0.1) is 0 Å². The maximum absolute atomic E-state index is 12.6. The summed E-state index contributed by atoms with van der Waals surface area (Å²) in [5.41, 5.74) is 1.18. The minimum atomic E-state index is -3.68. The van der Waals surface area contributed by atoms with Crippen molar-refractivity contribution in [3.05, 3.63) is 63.6 Å². The standard InChI is InChI=1S/C28H36Cl2N4O5S/c1-28(2,3)39-27(36)34-17-16-32-26(34)21-13-11-20(12-14-21)18-33(4)24(35)10-5-6-15-31-19-40(37,38)25-22(29)8-7-9-23(25)30/h7-9,11-14,31H,5-6,10,15-19H2,1-4H3. The first-order chi connectivity index (χ1) is 18.8. The minimum Gasteiger partial charge on any atom is -0.443 e. The summed E-state index contributed by atoms with van der Waals surface area (Å²) in [6.07, 6.45) is 1.18. The fourth-order valence-corrected chi connectivity index (χ4v) is 6.48. The molecule has 0 saturated carbocycles. The van der Waals surface area contributed by atoms with E-state index in [1.807, 2.05) is 45.0 Å². The fourth-order valence-electron chi connectivity index (χ4n) is 4.09. The van der Waals surface area contributed by atoms with Gasteiger partial charge in [-0.05, 0) is 57.9 Å². The second-order valence-corrected chi connectivity index (χ2v) is 13.3. The fraction of sp³-hybridized carbons (Fsp3) is 0.464. The third-order valence-corrected chi connectivity index (χ3v) is 8.53. The number of benzene rings is 2. The first kappa shape index (κ1) is 31.9. The number of hydrogen-bond acceptors (Lipinski definition) is 7. The molecule has 0 spiro atoms. The Morgan fingerprint density at radius 2 is 1.73 bits per heavy atom. The Balaban J connectivity index is 1.41. The van der Waals surface area contributed by atoms with Gasteiger partial charge in [0.2, 0.25) is 5.91 Å². The van der Waals surface area contributed by atoms with Crippen molar-refractivity contribution < 1.29 is 22.7 Å². The Labute approximate surface area is 246 Å². The third kappa shape index (κ3) is 8.92. The molecule has 2 aromatic rings. The summed E-state index contributed by atoms with van der Waals surface area (Å²) >= 11 is 12.0. The van der Waals surface area contributed by atoms with Gasteiger partial charge in [0.15, 0.2) is 9.84 Å². The molecule has 218 valence electrons. The van der Waals surface area contributed by atoms with E-state index in [1.54, 1.807) is 22.9 Å². The van der Waals surface area contributed by atoms with Crippen molar-refractivity contribution in [3.8, 4) is 0 Å². The molecule has 0 radical (unpaired) electrons. The number of aliphatic imine (C=N–C) groups is 1. The van der Waals surface area contributed by atoms with Crippen molar-refractivity contribution in [2.24, 2.45) is 4.99 Å². The number of nitrogens with zero attached hydrogens (tertiary/aromatic N) is 3. The van der Waals surface area contributed by atoms with Crippen molar-refractivity contribution in [3.63, 3.8) is 0 Å². The van der Waals surface area contributed by atoms with Crippen LogP contribution in [0.3, 0.4) is 0 Å². The molecule has 0 aliphatic carbocycles. The topological polar surface area (TPSA) is 108 Å². The second kappa shape index (κ2) is 13.8. The molecule has 40 heavy (non-hydrogen) atoms. The lowest BCUT2D eigenvalue weighted by Gasteiger charge is -2.25. The maximum Gasteiger partial charge on any atom is 0.416 e. The number of hydrogen-bond donors (Lipinski definition) is 1. The van der Waals surface area contributed by atoms with Crippen molar-refractivity contribution in [1.29, 1.82) is 0 Å². The first-order valence-electron chi connectivity index (χ1n) is 13.0. The van der Waals surface area contributed by atoms with E-state index < -0.39 is 21.5 Å². The summed E-state index contributed by atoms with van der Waals surface area (Å²) in [6, 6.07) is 12.2. The van der Waals surface area contributed by atoms with Gasteiger partial charge in [-0.25, -0.2) is 13.2 Å². The summed E-state index contributed by atoms with van der Waals surface area (Å²) in [5.74, 6) is 0.292. The van der Waals surface area contributed by atoms with Crippen LogP contribution in [0.5, 0.6) is 0 Å². The lowest BCUT2D eigenvalue weighted by Crippen LogP contribution is -2.39. The average molecular weight is 612 g/mol. The number of rotatable bonds is 11. The van der Waals surface area contributed by atoms with Crippen LogP contribution in [0.25, 0.3) is 0 Å². The molecule has 1 aliphatic heterocycles. The lowest BCUT2D eigenvalue weighted by molar-refractivity contribution is -0.130. The van der Waals surface area contributed by atoms with Crippen LogP contribution in [-0.2, 0) is 25.9 Å². The SMILES string of the molecule is CN(Cc1ccc(C2=NCCN2C(=O)OC(C)(C)C)cc1)C(=O)CCCCNCS(=O)(=O)c1c(Cl)cccc1Cl. The Hall–Kier alpha value is -2.66. The number of ether oxygens (including phenoxy) is 1. The van der Waals surface area contributed by atoms with Gasteiger partial charge in [0.1, 0.15) is 22.2 Å².